The maximum absolute atomic E-state index is 12.6. The van der Waals surface area contributed by atoms with Crippen LogP contribution < -0.4 is 0 Å². The van der Waals surface area contributed by atoms with Crippen LogP contribution in [0.15, 0.2) is 12.5 Å². The molecule has 146 valence electrons. The zero-order valence-corrected chi connectivity index (χ0v) is 16.3. The lowest BCUT2D eigenvalue weighted by Crippen LogP contribution is -2.32. The Morgan fingerprint density at radius 3 is 2.65 bits per heavy atom. The first-order valence-electron chi connectivity index (χ1n) is 9.82. The fourth-order valence-electron chi connectivity index (χ4n) is 3.04. The van der Waals surface area contributed by atoms with Crippen molar-refractivity contribution in [3.05, 3.63) is 18.2 Å². The van der Waals surface area contributed by atoms with Crippen LogP contribution in [0.5, 0.6) is 0 Å². The van der Waals surface area contributed by atoms with Gasteiger partial charge < -0.3 is 14.0 Å². The summed E-state index contributed by atoms with van der Waals surface area (Å²) in [6.07, 6.45) is 9.35. The Kier molecular flexibility index (Phi) is 8.13. The third-order valence-corrected chi connectivity index (χ3v) is 5.05. The Hall–Kier alpha value is -1.85. The number of rotatable bonds is 12. The van der Waals surface area contributed by atoms with E-state index in [2.05, 4.69) is 4.98 Å². The normalized spacial score (nSPS) is 16.1. The Bertz CT molecular complexity index is 580. The largest absolute Gasteiger partial charge is 0.465 e. The third kappa shape index (κ3) is 6.46. The average Bonchev–Trinajstić information content (AvgIpc) is 3.38. The lowest BCUT2D eigenvalue weighted by atomic mass is 9.87. The van der Waals surface area contributed by atoms with Gasteiger partial charge in [0.1, 0.15) is 0 Å². The molecule has 26 heavy (non-hydrogen) atoms. The number of nitrogens with zero attached hydrogens (tertiary/aromatic N) is 2. The van der Waals surface area contributed by atoms with Crippen molar-refractivity contribution in [2.24, 2.45) is 24.8 Å². The van der Waals surface area contributed by atoms with Gasteiger partial charge in [0.2, 0.25) is 0 Å². The number of aromatic nitrogens is 2. The Balaban J connectivity index is 1.99. The van der Waals surface area contributed by atoms with Gasteiger partial charge in [-0.25, -0.2) is 4.98 Å². The molecule has 1 aromatic heterocycles. The molecule has 0 saturated heterocycles. The van der Waals surface area contributed by atoms with Crippen LogP contribution in [0.4, 0.5) is 0 Å². The molecule has 0 aliphatic heterocycles. The van der Waals surface area contributed by atoms with Gasteiger partial charge in [-0.15, -0.1) is 0 Å². The molecule has 0 aromatic carbocycles. The van der Waals surface area contributed by atoms with Crippen LogP contribution in [0.1, 0.15) is 58.1 Å². The predicted molar refractivity (Wildman–Crippen MR) is 98.4 cm³/mol. The van der Waals surface area contributed by atoms with Crippen molar-refractivity contribution < 1.29 is 19.1 Å². The smallest absolute Gasteiger partial charge is 0.309 e. The van der Waals surface area contributed by atoms with Gasteiger partial charge in [-0.1, -0.05) is 20.3 Å². The molecule has 1 aliphatic rings. The van der Waals surface area contributed by atoms with E-state index >= 15 is 0 Å². The molecule has 0 bridgehead atoms. The number of esters is 2. The topological polar surface area (TPSA) is 70.4 Å². The maximum Gasteiger partial charge on any atom is 0.309 e. The molecule has 2 rings (SSSR count). The monoisotopic (exact) mass is 364 g/mol. The van der Waals surface area contributed by atoms with Crippen LogP contribution in [0, 0.1) is 17.8 Å². The van der Waals surface area contributed by atoms with Crippen LogP contribution in [0.2, 0.25) is 0 Å². The Morgan fingerprint density at radius 1 is 1.31 bits per heavy atom. The molecule has 0 amide bonds. The van der Waals surface area contributed by atoms with E-state index in [4.69, 9.17) is 9.47 Å². The highest BCUT2D eigenvalue weighted by Crippen LogP contribution is 2.30. The van der Waals surface area contributed by atoms with Gasteiger partial charge >= 0.3 is 11.9 Å². The van der Waals surface area contributed by atoms with E-state index in [1.165, 1.54) is 0 Å². The minimum atomic E-state index is -0.275. The second-order valence-electron chi connectivity index (χ2n) is 7.33. The van der Waals surface area contributed by atoms with E-state index in [0.717, 1.165) is 31.4 Å². The molecule has 1 saturated carbocycles. The highest BCUT2D eigenvalue weighted by atomic mass is 16.5. The number of carbonyl (C=O) groups excluding carboxylic acids is 2. The van der Waals surface area contributed by atoms with Gasteiger partial charge in [0.15, 0.2) is 0 Å². The van der Waals surface area contributed by atoms with Crippen molar-refractivity contribution in [3.63, 3.8) is 0 Å². The van der Waals surface area contributed by atoms with Crippen molar-refractivity contribution in [2.45, 2.75) is 58.8 Å². The fourth-order valence-corrected chi connectivity index (χ4v) is 3.04. The lowest BCUT2D eigenvalue weighted by Gasteiger charge is -2.25. The van der Waals surface area contributed by atoms with Crippen LogP contribution in [0.3, 0.4) is 0 Å². The first-order chi connectivity index (χ1) is 12.5. The van der Waals surface area contributed by atoms with Crippen molar-refractivity contribution in [3.8, 4) is 0 Å². The first kappa shape index (κ1) is 20.5. The van der Waals surface area contributed by atoms with Crippen molar-refractivity contribution in [1.82, 2.24) is 9.55 Å². The predicted octanol–water partition coefficient (Wildman–Crippen LogP) is 3.29. The summed E-state index contributed by atoms with van der Waals surface area (Å²) >= 11 is 0. The summed E-state index contributed by atoms with van der Waals surface area (Å²) in [7, 11) is 1.93. The number of ether oxygens (including phenoxy) is 2. The zero-order valence-electron chi connectivity index (χ0n) is 16.3. The van der Waals surface area contributed by atoms with Crippen molar-refractivity contribution in [1.29, 1.82) is 0 Å². The van der Waals surface area contributed by atoms with E-state index in [-0.39, 0.29) is 30.4 Å². The fraction of sp³-hybridized carbons (Fsp3) is 0.750. The minimum absolute atomic E-state index is 0.104. The quantitative estimate of drug-likeness (QED) is 0.532. The second kappa shape index (κ2) is 10.3. The highest BCUT2D eigenvalue weighted by Gasteiger charge is 2.32. The van der Waals surface area contributed by atoms with E-state index in [0.29, 0.717) is 31.8 Å². The second-order valence-corrected chi connectivity index (χ2v) is 7.33. The Labute approximate surface area is 156 Å². The summed E-state index contributed by atoms with van der Waals surface area (Å²) in [6, 6.07) is 0. The maximum atomic E-state index is 12.6. The molecular formula is C20H32N2O4. The SMILES string of the molecule is CCCCC(=O)OC[C@H](Cc1cncn1C)[C@H](CC)C(=O)OCC1CC1. The van der Waals surface area contributed by atoms with Gasteiger partial charge in [0.05, 0.1) is 25.5 Å². The molecule has 2 atom stereocenters. The van der Waals surface area contributed by atoms with E-state index in [9.17, 15) is 9.59 Å². The molecule has 0 unspecified atom stereocenters. The van der Waals surface area contributed by atoms with Gasteiger partial charge in [-0.3, -0.25) is 9.59 Å². The van der Waals surface area contributed by atoms with Crippen molar-refractivity contribution in [2.75, 3.05) is 13.2 Å². The molecule has 1 heterocycles. The number of carbonyl (C=O) groups is 2. The molecule has 1 aromatic rings. The lowest BCUT2D eigenvalue weighted by molar-refractivity contribution is -0.155. The molecule has 0 N–H and O–H groups in total. The number of unbranched alkanes of at least 4 members (excludes halogenated alkanes) is 1. The highest BCUT2D eigenvalue weighted by molar-refractivity contribution is 5.73. The van der Waals surface area contributed by atoms with Crippen LogP contribution in [-0.4, -0.2) is 34.7 Å². The zero-order chi connectivity index (χ0) is 18.9. The van der Waals surface area contributed by atoms with Crippen LogP contribution >= 0.6 is 0 Å². The molecule has 0 radical (unpaired) electrons. The first-order valence-corrected chi connectivity index (χ1v) is 9.82. The number of hydrogen-bond donors (Lipinski definition) is 0. The standard InChI is InChI=1S/C20H32N2O4/c1-4-6-7-19(23)25-13-16(10-17-11-21-14-22(17)3)18(5-2)20(24)26-12-15-8-9-15/h11,14-16,18H,4-10,12-13H2,1-3H3/t16-,18-/m0/s1. The van der Waals surface area contributed by atoms with E-state index in [1.807, 2.05) is 25.5 Å². The van der Waals surface area contributed by atoms with Crippen molar-refractivity contribution >= 4 is 11.9 Å². The number of hydrogen-bond acceptors (Lipinski definition) is 5. The summed E-state index contributed by atoms with van der Waals surface area (Å²) in [6.45, 7) is 4.79. The van der Waals surface area contributed by atoms with Gasteiger partial charge in [0, 0.05) is 31.3 Å². The third-order valence-electron chi connectivity index (χ3n) is 5.05. The number of aryl methyl sites for hydroxylation is 1. The molecular weight excluding hydrogens is 332 g/mol. The minimum Gasteiger partial charge on any atom is -0.465 e. The van der Waals surface area contributed by atoms with Crippen LogP contribution in [0.25, 0.3) is 0 Å². The molecule has 6 nitrogen and oxygen atoms in total. The molecule has 0 spiro atoms. The van der Waals surface area contributed by atoms with Gasteiger partial charge in [0.25, 0.3) is 0 Å². The van der Waals surface area contributed by atoms with E-state index < -0.39 is 0 Å². The average molecular weight is 364 g/mol. The summed E-state index contributed by atoms with van der Waals surface area (Å²) < 4.78 is 12.9. The molecule has 1 aliphatic carbocycles. The molecule has 1 fully saturated rings. The number of imidazole rings is 1. The summed E-state index contributed by atoms with van der Waals surface area (Å²) in [5.41, 5.74) is 1.02. The van der Waals surface area contributed by atoms with Crippen LogP contribution in [-0.2, 0) is 32.5 Å². The van der Waals surface area contributed by atoms with Gasteiger partial charge in [-0.2, -0.15) is 0 Å². The summed E-state index contributed by atoms with van der Waals surface area (Å²) in [5, 5.41) is 0. The van der Waals surface area contributed by atoms with E-state index in [1.54, 1.807) is 12.5 Å². The Morgan fingerprint density at radius 2 is 2.08 bits per heavy atom. The summed E-state index contributed by atoms with van der Waals surface area (Å²) in [4.78, 5) is 28.7. The summed E-state index contributed by atoms with van der Waals surface area (Å²) in [5.74, 6) is -0.201. The van der Waals surface area contributed by atoms with Gasteiger partial charge in [-0.05, 0) is 38.0 Å². The molecule has 6 heteroatoms.